The van der Waals surface area contributed by atoms with E-state index in [0.29, 0.717) is 17.6 Å². The Hall–Kier alpha value is -0.0800. The summed E-state index contributed by atoms with van der Waals surface area (Å²) in [5, 5.41) is 7.12. The fourth-order valence-corrected chi connectivity index (χ4v) is 1.99. The lowest BCUT2D eigenvalue weighted by Gasteiger charge is -2.37. The predicted molar refractivity (Wildman–Crippen MR) is 53.4 cm³/mol. The maximum atomic E-state index is 3.60. The molecule has 72 valence electrons. The van der Waals surface area contributed by atoms with Gasteiger partial charge in [0.1, 0.15) is 0 Å². The number of hydrogen-bond acceptors (Lipinski definition) is 2. The van der Waals surface area contributed by atoms with Crippen molar-refractivity contribution in [2.24, 2.45) is 0 Å². The highest BCUT2D eigenvalue weighted by atomic mass is 15.0. The summed E-state index contributed by atoms with van der Waals surface area (Å²) in [5.74, 6) is 0. The molecule has 12 heavy (non-hydrogen) atoms. The highest BCUT2D eigenvalue weighted by molar-refractivity contribution is 4.89. The Labute approximate surface area is 76.1 Å². The van der Waals surface area contributed by atoms with Gasteiger partial charge in [0, 0.05) is 17.6 Å². The van der Waals surface area contributed by atoms with Crippen LogP contribution < -0.4 is 10.6 Å². The molecule has 0 aromatic heterocycles. The van der Waals surface area contributed by atoms with Gasteiger partial charge in [0.2, 0.25) is 0 Å². The summed E-state index contributed by atoms with van der Waals surface area (Å²) in [5.41, 5.74) is 0.324. The zero-order valence-corrected chi connectivity index (χ0v) is 8.78. The SMILES string of the molecule is CC(C)NC1CCNC(C)(C)C1. The van der Waals surface area contributed by atoms with Crippen LogP contribution in [0.25, 0.3) is 0 Å². The normalized spacial score (nSPS) is 29.2. The fraction of sp³-hybridized carbons (Fsp3) is 1.00. The first-order valence-electron chi connectivity index (χ1n) is 5.01. The topological polar surface area (TPSA) is 24.1 Å². The van der Waals surface area contributed by atoms with E-state index in [1.165, 1.54) is 12.8 Å². The molecule has 0 bridgehead atoms. The first-order chi connectivity index (χ1) is 5.49. The Morgan fingerprint density at radius 1 is 1.42 bits per heavy atom. The van der Waals surface area contributed by atoms with Crippen LogP contribution in [0.1, 0.15) is 40.5 Å². The second-order valence-corrected chi connectivity index (χ2v) is 4.82. The maximum absolute atomic E-state index is 3.60. The average Bonchev–Trinajstić information content (AvgIpc) is 1.82. The van der Waals surface area contributed by atoms with Gasteiger partial charge in [0.15, 0.2) is 0 Å². The Balaban J connectivity index is 2.36. The van der Waals surface area contributed by atoms with Gasteiger partial charge in [-0.05, 0) is 33.2 Å². The van der Waals surface area contributed by atoms with Crippen molar-refractivity contribution in [3.8, 4) is 0 Å². The molecule has 2 heteroatoms. The molecule has 1 rings (SSSR count). The largest absolute Gasteiger partial charge is 0.312 e. The van der Waals surface area contributed by atoms with E-state index in [1.54, 1.807) is 0 Å². The summed E-state index contributed by atoms with van der Waals surface area (Å²) >= 11 is 0. The first kappa shape index (κ1) is 10.0. The Bertz CT molecular complexity index is 141. The van der Waals surface area contributed by atoms with E-state index in [9.17, 15) is 0 Å². The highest BCUT2D eigenvalue weighted by Gasteiger charge is 2.27. The third-order valence-corrected chi connectivity index (χ3v) is 2.42. The van der Waals surface area contributed by atoms with E-state index in [0.717, 1.165) is 6.54 Å². The van der Waals surface area contributed by atoms with Crippen molar-refractivity contribution in [1.82, 2.24) is 10.6 Å². The molecule has 1 aliphatic heterocycles. The lowest BCUT2D eigenvalue weighted by atomic mass is 9.89. The second kappa shape index (κ2) is 3.75. The first-order valence-corrected chi connectivity index (χ1v) is 5.01. The zero-order chi connectivity index (χ0) is 9.19. The quantitative estimate of drug-likeness (QED) is 0.656. The molecule has 0 spiro atoms. The highest BCUT2D eigenvalue weighted by Crippen LogP contribution is 2.18. The van der Waals surface area contributed by atoms with Gasteiger partial charge in [-0.25, -0.2) is 0 Å². The average molecular weight is 170 g/mol. The smallest absolute Gasteiger partial charge is 0.0139 e. The molecule has 1 unspecified atom stereocenters. The minimum atomic E-state index is 0.324. The summed E-state index contributed by atoms with van der Waals surface area (Å²) in [6.07, 6.45) is 2.51. The molecule has 1 heterocycles. The molecule has 1 atom stereocenters. The molecule has 1 fully saturated rings. The van der Waals surface area contributed by atoms with Crippen molar-refractivity contribution in [1.29, 1.82) is 0 Å². The van der Waals surface area contributed by atoms with Gasteiger partial charge in [-0.2, -0.15) is 0 Å². The zero-order valence-electron chi connectivity index (χ0n) is 8.78. The monoisotopic (exact) mass is 170 g/mol. The van der Waals surface area contributed by atoms with E-state index in [4.69, 9.17) is 0 Å². The summed E-state index contributed by atoms with van der Waals surface area (Å²) in [6.45, 7) is 10.1. The predicted octanol–water partition coefficient (Wildman–Crippen LogP) is 1.51. The van der Waals surface area contributed by atoms with Crippen LogP contribution in [-0.4, -0.2) is 24.2 Å². The third kappa shape index (κ3) is 3.11. The van der Waals surface area contributed by atoms with Gasteiger partial charge < -0.3 is 10.6 Å². The minimum absolute atomic E-state index is 0.324. The third-order valence-electron chi connectivity index (χ3n) is 2.42. The van der Waals surface area contributed by atoms with Crippen molar-refractivity contribution in [3.05, 3.63) is 0 Å². The second-order valence-electron chi connectivity index (χ2n) is 4.82. The Morgan fingerprint density at radius 2 is 2.08 bits per heavy atom. The standard InChI is InChI=1S/C10H22N2/c1-8(2)12-9-5-6-11-10(3,4)7-9/h8-9,11-12H,5-7H2,1-4H3. The van der Waals surface area contributed by atoms with Crippen LogP contribution in [0.2, 0.25) is 0 Å². The number of piperidine rings is 1. The van der Waals surface area contributed by atoms with Gasteiger partial charge >= 0.3 is 0 Å². The molecule has 2 nitrogen and oxygen atoms in total. The van der Waals surface area contributed by atoms with Crippen LogP contribution in [0.5, 0.6) is 0 Å². The molecule has 0 aliphatic carbocycles. The van der Waals surface area contributed by atoms with E-state index < -0.39 is 0 Å². The molecule has 0 aromatic carbocycles. The molecule has 1 aliphatic rings. The van der Waals surface area contributed by atoms with Crippen molar-refractivity contribution < 1.29 is 0 Å². The van der Waals surface area contributed by atoms with Gasteiger partial charge in [-0.15, -0.1) is 0 Å². The number of rotatable bonds is 2. The molecular formula is C10H22N2. The Morgan fingerprint density at radius 3 is 2.58 bits per heavy atom. The fourth-order valence-electron chi connectivity index (χ4n) is 1.99. The van der Waals surface area contributed by atoms with E-state index in [1.807, 2.05) is 0 Å². The summed E-state index contributed by atoms with van der Waals surface area (Å²) in [4.78, 5) is 0. The van der Waals surface area contributed by atoms with Gasteiger partial charge in [0.25, 0.3) is 0 Å². The molecular weight excluding hydrogens is 148 g/mol. The molecule has 1 saturated heterocycles. The molecule has 0 saturated carbocycles. The summed E-state index contributed by atoms with van der Waals surface area (Å²) in [6, 6.07) is 1.32. The number of hydrogen-bond donors (Lipinski definition) is 2. The molecule has 0 aromatic rings. The van der Waals surface area contributed by atoms with Crippen LogP contribution in [0.3, 0.4) is 0 Å². The van der Waals surface area contributed by atoms with Gasteiger partial charge in [-0.3, -0.25) is 0 Å². The van der Waals surface area contributed by atoms with Crippen molar-refractivity contribution in [2.45, 2.75) is 58.2 Å². The Kier molecular flexibility index (Phi) is 3.13. The van der Waals surface area contributed by atoms with Gasteiger partial charge in [0.05, 0.1) is 0 Å². The molecule has 0 amide bonds. The maximum Gasteiger partial charge on any atom is 0.0139 e. The van der Waals surface area contributed by atoms with Crippen LogP contribution in [-0.2, 0) is 0 Å². The lowest BCUT2D eigenvalue weighted by molar-refractivity contribution is 0.240. The van der Waals surface area contributed by atoms with Crippen LogP contribution in [0.4, 0.5) is 0 Å². The van der Waals surface area contributed by atoms with E-state index in [-0.39, 0.29) is 0 Å². The van der Waals surface area contributed by atoms with Crippen molar-refractivity contribution >= 4 is 0 Å². The lowest BCUT2D eigenvalue weighted by Crippen LogP contribution is -2.53. The molecule has 2 N–H and O–H groups in total. The van der Waals surface area contributed by atoms with E-state index >= 15 is 0 Å². The van der Waals surface area contributed by atoms with Crippen molar-refractivity contribution in [2.75, 3.05) is 6.54 Å². The van der Waals surface area contributed by atoms with Gasteiger partial charge in [-0.1, -0.05) is 13.8 Å². The minimum Gasteiger partial charge on any atom is -0.312 e. The number of nitrogens with one attached hydrogen (secondary N) is 2. The van der Waals surface area contributed by atoms with Crippen LogP contribution in [0, 0.1) is 0 Å². The van der Waals surface area contributed by atoms with E-state index in [2.05, 4.69) is 38.3 Å². The van der Waals surface area contributed by atoms with Crippen molar-refractivity contribution in [3.63, 3.8) is 0 Å². The van der Waals surface area contributed by atoms with Crippen LogP contribution >= 0.6 is 0 Å². The van der Waals surface area contributed by atoms with Crippen LogP contribution in [0.15, 0.2) is 0 Å². The molecule has 0 radical (unpaired) electrons. The summed E-state index contributed by atoms with van der Waals surface area (Å²) < 4.78 is 0. The summed E-state index contributed by atoms with van der Waals surface area (Å²) in [7, 11) is 0.